The van der Waals surface area contributed by atoms with E-state index in [1.54, 1.807) is 23.3 Å². The molecule has 202 valence electrons. The molecular formula is C28H31N7O4. The molecule has 1 saturated heterocycles. The Kier molecular flexibility index (Phi) is 7.22. The number of hydrogen-bond acceptors (Lipinski definition) is 9. The van der Waals surface area contributed by atoms with Crippen LogP contribution in [0.2, 0.25) is 0 Å². The Labute approximate surface area is 225 Å². The van der Waals surface area contributed by atoms with Crippen molar-refractivity contribution in [3.05, 3.63) is 66.0 Å². The van der Waals surface area contributed by atoms with Crippen LogP contribution >= 0.6 is 0 Å². The highest BCUT2D eigenvalue weighted by molar-refractivity contribution is 5.81. The van der Waals surface area contributed by atoms with Gasteiger partial charge in [-0.1, -0.05) is 0 Å². The molecule has 3 aromatic heterocycles. The fourth-order valence-corrected chi connectivity index (χ4v) is 5.12. The van der Waals surface area contributed by atoms with E-state index in [9.17, 15) is 9.90 Å². The van der Waals surface area contributed by atoms with Gasteiger partial charge in [-0.15, -0.1) is 0 Å². The lowest BCUT2D eigenvalue weighted by Gasteiger charge is -2.28. The van der Waals surface area contributed by atoms with Gasteiger partial charge >= 0.3 is 5.97 Å². The standard InChI is InChI=1S/C28H31N7O4/c36-28(37)15-26(24-17-29-18-27(33-24)34-9-12-38-13-10-34)35-25-6-4-21(14-19(25)16-31-35)39-11-7-20-3-5-22-23(32-20)2-1-8-30-22/h3-6,14,16-18,26,30H,1-2,7-13,15H2,(H,36,37). The number of anilines is 2. The highest BCUT2D eigenvalue weighted by Gasteiger charge is 2.24. The van der Waals surface area contributed by atoms with Crippen molar-refractivity contribution in [2.75, 3.05) is 49.7 Å². The largest absolute Gasteiger partial charge is 0.493 e. The molecule has 11 nitrogen and oxygen atoms in total. The maximum atomic E-state index is 11.8. The van der Waals surface area contributed by atoms with Crippen LogP contribution in [0.1, 0.15) is 36.0 Å². The van der Waals surface area contributed by atoms with Crippen molar-refractivity contribution < 1.29 is 19.4 Å². The number of fused-ring (bicyclic) bond motifs is 2. The molecule has 0 spiro atoms. The van der Waals surface area contributed by atoms with E-state index in [1.165, 1.54) is 0 Å². The van der Waals surface area contributed by atoms with Crippen LogP contribution in [0.5, 0.6) is 5.75 Å². The second-order valence-corrected chi connectivity index (χ2v) is 9.75. The van der Waals surface area contributed by atoms with Gasteiger partial charge in [-0.2, -0.15) is 5.10 Å². The summed E-state index contributed by atoms with van der Waals surface area (Å²) in [6, 6.07) is 9.27. The molecular weight excluding hydrogens is 498 g/mol. The molecule has 2 aliphatic rings. The number of aliphatic carboxylic acids is 1. The molecule has 0 saturated carbocycles. The number of hydrogen-bond donors (Lipinski definition) is 2. The van der Waals surface area contributed by atoms with Crippen molar-refractivity contribution in [3.8, 4) is 5.75 Å². The number of nitrogens with zero attached hydrogens (tertiary/aromatic N) is 6. The lowest BCUT2D eigenvalue weighted by molar-refractivity contribution is -0.137. The quantitative estimate of drug-likeness (QED) is 0.334. The number of nitrogens with one attached hydrogen (secondary N) is 1. The first-order valence-electron chi connectivity index (χ1n) is 13.3. The topological polar surface area (TPSA) is 128 Å². The Balaban J connectivity index is 1.18. The maximum Gasteiger partial charge on any atom is 0.305 e. The SMILES string of the molecule is O=C(O)CC(c1cncc(N2CCOCC2)n1)n1ncc2cc(OCCc3ccc4c(n3)CCCN4)ccc21. The number of morpholine rings is 1. The maximum absolute atomic E-state index is 11.8. The molecule has 2 N–H and O–H groups in total. The number of carbonyl (C=O) groups is 1. The van der Waals surface area contributed by atoms with Gasteiger partial charge in [0.2, 0.25) is 0 Å². The summed E-state index contributed by atoms with van der Waals surface area (Å²) < 4.78 is 13.2. The molecule has 0 aliphatic carbocycles. The lowest BCUT2D eigenvalue weighted by Crippen LogP contribution is -2.37. The number of aromatic nitrogens is 5. The van der Waals surface area contributed by atoms with Crippen LogP contribution in [0.15, 0.2) is 48.9 Å². The summed E-state index contributed by atoms with van der Waals surface area (Å²) in [6.07, 6.45) is 7.70. The average molecular weight is 530 g/mol. The number of benzene rings is 1. The van der Waals surface area contributed by atoms with Gasteiger partial charge in [0.05, 0.1) is 67.4 Å². The van der Waals surface area contributed by atoms with Crippen LogP contribution in [0.25, 0.3) is 10.9 Å². The van der Waals surface area contributed by atoms with Crippen LogP contribution in [0, 0.1) is 0 Å². The van der Waals surface area contributed by atoms with Crippen molar-refractivity contribution in [2.45, 2.75) is 31.7 Å². The van der Waals surface area contributed by atoms with Gasteiger partial charge in [-0.25, -0.2) is 4.98 Å². The summed E-state index contributed by atoms with van der Waals surface area (Å²) in [5.74, 6) is 0.502. The Morgan fingerprint density at radius 3 is 2.90 bits per heavy atom. The molecule has 5 heterocycles. The summed E-state index contributed by atoms with van der Waals surface area (Å²) in [4.78, 5) is 27.8. The van der Waals surface area contributed by atoms with Gasteiger partial charge in [0, 0.05) is 37.1 Å². The zero-order chi connectivity index (χ0) is 26.6. The molecule has 0 bridgehead atoms. The molecule has 1 aromatic carbocycles. The van der Waals surface area contributed by atoms with E-state index in [4.69, 9.17) is 19.4 Å². The zero-order valence-corrected chi connectivity index (χ0v) is 21.6. The molecule has 1 fully saturated rings. The molecule has 1 atom stereocenters. The molecule has 0 radical (unpaired) electrons. The van der Waals surface area contributed by atoms with Crippen molar-refractivity contribution in [3.63, 3.8) is 0 Å². The van der Waals surface area contributed by atoms with Crippen LogP contribution in [0.4, 0.5) is 11.5 Å². The first-order chi connectivity index (χ1) is 19.1. The van der Waals surface area contributed by atoms with Gasteiger partial charge in [-0.05, 0) is 43.2 Å². The van der Waals surface area contributed by atoms with E-state index in [0.29, 0.717) is 37.8 Å². The van der Waals surface area contributed by atoms with E-state index in [0.717, 1.165) is 66.2 Å². The fourth-order valence-electron chi connectivity index (χ4n) is 5.12. The monoisotopic (exact) mass is 529 g/mol. The molecule has 1 unspecified atom stereocenters. The van der Waals surface area contributed by atoms with E-state index in [-0.39, 0.29) is 6.42 Å². The Bertz CT molecular complexity index is 1470. The summed E-state index contributed by atoms with van der Waals surface area (Å²) in [5, 5.41) is 18.5. The minimum absolute atomic E-state index is 0.167. The highest BCUT2D eigenvalue weighted by Crippen LogP contribution is 2.29. The summed E-state index contributed by atoms with van der Waals surface area (Å²) in [6.45, 7) is 4.19. The molecule has 39 heavy (non-hydrogen) atoms. The predicted molar refractivity (Wildman–Crippen MR) is 145 cm³/mol. The van der Waals surface area contributed by atoms with Gasteiger partial charge in [0.25, 0.3) is 0 Å². The minimum Gasteiger partial charge on any atom is -0.493 e. The van der Waals surface area contributed by atoms with E-state index >= 15 is 0 Å². The van der Waals surface area contributed by atoms with Crippen molar-refractivity contribution in [1.82, 2.24) is 24.7 Å². The Hall–Kier alpha value is -4.25. The number of ether oxygens (including phenoxy) is 2. The Morgan fingerprint density at radius 1 is 1.13 bits per heavy atom. The second-order valence-electron chi connectivity index (χ2n) is 9.75. The number of aryl methyl sites for hydroxylation is 1. The second kappa shape index (κ2) is 11.2. The number of carboxylic acids is 1. The van der Waals surface area contributed by atoms with Crippen molar-refractivity contribution >= 4 is 28.4 Å². The van der Waals surface area contributed by atoms with Gasteiger partial charge in [0.15, 0.2) is 0 Å². The lowest BCUT2D eigenvalue weighted by atomic mass is 10.1. The number of carboxylic acid groups (broad SMARTS) is 1. The first kappa shape index (κ1) is 25.1. The van der Waals surface area contributed by atoms with Gasteiger partial charge in [-0.3, -0.25) is 19.4 Å². The number of rotatable bonds is 9. The smallest absolute Gasteiger partial charge is 0.305 e. The molecule has 4 aromatic rings. The first-order valence-corrected chi connectivity index (χ1v) is 13.3. The van der Waals surface area contributed by atoms with E-state index in [1.807, 2.05) is 24.3 Å². The van der Waals surface area contributed by atoms with E-state index in [2.05, 4.69) is 26.4 Å². The van der Waals surface area contributed by atoms with Gasteiger partial charge < -0.3 is 24.8 Å². The zero-order valence-electron chi connectivity index (χ0n) is 21.6. The molecule has 2 aliphatic heterocycles. The third kappa shape index (κ3) is 5.63. The van der Waals surface area contributed by atoms with Gasteiger partial charge in [0.1, 0.15) is 17.6 Å². The fraction of sp³-hybridized carbons (Fsp3) is 0.393. The minimum atomic E-state index is -0.936. The Morgan fingerprint density at radius 2 is 2.03 bits per heavy atom. The average Bonchev–Trinajstić information content (AvgIpc) is 3.39. The normalized spacial score (nSPS) is 15.9. The van der Waals surface area contributed by atoms with Crippen LogP contribution in [-0.2, 0) is 22.4 Å². The molecule has 6 rings (SSSR count). The number of pyridine rings is 1. The van der Waals surface area contributed by atoms with Crippen molar-refractivity contribution in [2.24, 2.45) is 0 Å². The third-order valence-electron chi connectivity index (χ3n) is 7.11. The van der Waals surface area contributed by atoms with Crippen molar-refractivity contribution in [1.29, 1.82) is 0 Å². The highest BCUT2D eigenvalue weighted by atomic mass is 16.5. The molecule has 11 heteroatoms. The van der Waals surface area contributed by atoms with Crippen LogP contribution in [-0.4, -0.2) is 75.3 Å². The van der Waals surface area contributed by atoms with Crippen LogP contribution < -0.4 is 15.0 Å². The summed E-state index contributed by atoms with van der Waals surface area (Å²) in [5.41, 5.74) is 4.64. The summed E-state index contributed by atoms with van der Waals surface area (Å²) >= 11 is 0. The van der Waals surface area contributed by atoms with E-state index < -0.39 is 12.0 Å². The molecule has 0 amide bonds. The van der Waals surface area contributed by atoms with Crippen LogP contribution in [0.3, 0.4) is 0 Å². The predicted octanol–water partition coefficient (Wildman–Crippen LogP) is 3.10. The third-order valence-corrected chi connectivity index (χ3v) is 7.11. The summed E-state index contributed by atoms with van der Waals surface area (Å²) in [7, 11) is 0.